The molecule has 7 nitrogen and oxygen atoms in total. The second kappa shape index (κ2) is 5.98. The largest absolute Gasteiger partial charge is 0.506 e. The molecular formula is C12H14ClN3O4. The van der Waals surface area contributed by atoms with Crippen LogP contribution < -0.4 is 5.73 Å². The van der Waals surface area contributed by atoms with Crippen LogP contribution in [0.25, 0.3) is 0 Å². The predicted molar refractivity (Wildman–Crippen MR) is 72.2 cm³/mol. The van der Waals surface area contributed by atoms with Crippen molar-refractivity contribution in [2.45, 2.75) is 6.10 Å². The van der Waals surface area contributed by atoms with Crippen molar-refractivity contribution in [1.29, 1.82) is 0 Å². The fourth-order valence-electron chi connectivity index (χ4n) is 1.90. The van der Waals surface area contributed by atoms with Crippen LogP contribution in [0.5, 0.6) is 5.75 Å². The van der Waals surface area contributed by atoms with E-state index in [0.29, 0.717) is 18.7 Å². The summed E-state index contributed by atoms with van der Waals surface area (Å²) in [6.45, 7) is 0.873. The lowest BCUT2D eigenvalue weighted by Gasteiger charge is -2.32. The maximum Gasteiger partial charge on any atom is 0.254 e. The molecule has 20 heavy (non-hydrogen) atoms. The first-order valence-electron chi connectivity index (χ1n) is 5.89. The van der Waals surface area contributed by atoms with Crippen molar-refractivity contribution in [1.82, 2.24) is 4.90 Å². The summed E-state index contributed by atoms with van der Waals surface area (Å²) in [6, 6.07) is 4.24. The van der Waals surface area contributed by atoms with Gasteiger partial charge in [0.25, 0.3) is 5.91 Å². The van der Waals surface area contributed by atoms with Gasteiger partial charge in [0.05, 0.1) is 18.2 Å². The van der Waals surface area contributed by atoms with Crippen molar-refractivity contribution in [3.63, 3.8) is 0 Å². The summed E-state index contributed by atoms with van der Waals surface area (Å²) in [5.41, 5.74) is 5.83. The van der Waals surface area contributed by atoms with Gasteiger partial charge in [0.2, 0.25) is 0 Å². The van der Waals surface area contributed by atoms with E-state index in [0.717, 1.165) is 0 Å². The molecule has 1 amide bonds. The van der Waals surface area contributed by atoms with E-state index in [1.807, 2.05) is 0 Å². The van der Waals surface area contributed by atoms with E-state index in [9.17, 15) is 9.90 Å². The molecule has 1 unspecified atom stereocenters. The van der Waals surface area contributed by atoms with E-state index in [-0.39, 0.29) is 29.1 Å². The van der Waals surface area contributed by atoms with E-state index in [1.54, 1.807) is 0 Å². The molecule has 1 atom stereocenters. The average Bonchev–Trinajstić information content (AvgIpc) is 2.48. The molecular weight excluding hydrogens is 286 g/mol. The molecule has 2 rings (SSSR count). The van der Waals surface area contributed by atoms with E-state index in [2.05, 4.69) is 5.16 Å². The minimum Gasteiger partial charge on any atom is -0.506 e. The van der Waals surface area contributed by atoms with Crippen LogP contribution in [0.2, 0.25) is 5.02 Å². The first-order valence-corrected chi connectivity index (χ1v) is 6.27. The molecule has 0 radical (unpaired) electrons. The lowest BCUT2D eigenvalue weighted by Crippen LogP contribution is -2.50. The summed E-state index contributed by atoms with van der Waals surface area (Å²) in [7, 11) is 0. The number of rotatable bonds is 2. The number of nitrogens with two attached hydrogens (primary N) is 1. The summed E-state index contributed by atoms with van der Waals surface area (Å²) in [6.07, 6.45) is -0.634. The van der Waals surface area contributed by atoms with Crippen molar-refractivity contribution < 1.29 is 19.8 Å². The summed E-state index contributed by atoms with van der Waals surface area (Å²) < 4.78 is 5.31. The van der Waals surface area contributed by atoms with Gasteiger partial charge in [-0.3, -0.25) is 4.79 Å². The first-order chi connectivity index (χ1) is 9.52. The van der Waals surface area contributed by atoms with Gasteiger partial charge in [-0.25, -0.2) is 0 Å². The van der Waals surface area contributed by atoms with Gasteiger partial charge in [0, 0.05) is 12.1 Å². The summed E-state index contributed by atoms with van der Waals surface area (Å²) in [4.78, 5) is 13.8. The second-order valence-corrected chi connectivity index (χ2v) is 4.71. The van der Waals surface area contributed by atoms with Gasteiger partial charge in [-0.05, 0) is 18.2 Å². The fourth-order valence-corrected chi connectivity index (χ4v) is 2.08. The number of aromatic hydroxyl groups is 1. The Morgan fingerprint density at radius 2 is 2.30 bits per heavy atom. The average molecular weight is 300 g/mol. The van der Waals surface area contributed by atoms with Gasteiger partial charge >= 0.3 is 0 Å². The maximum atomic E-state index is 12.3. The number of oxime groups is 1. The van der Waals surface area contributed by atoms with Gasteiger partial charge in [0.15, 0.2) is 5.84 Å². The summed E-state index contributed by atoms with van der Waals surface area (Å²) in [5, 5.41) is 21.0. The summed E-state index contributed by atoms with van der Waals surface area (Å²) >= 11 is 5.78. The lowest BCUT2D eigenvalue weighted by molar-refractivity contribution is 0.00676. The molecule has 8 heteroatoms. The molecule has 0 spiro atoms. The van der Waals surface area contributed by atoms with Crippen LogP contribution in [0.15, 0.2) is 23.4 Å². The number of hydrogen-bond acceptors (Lipinski definition) is 5. The van der Waals surface area contributed by atoms with Crippen LogP contribution in [-0.2, 0) is 4.74 Å². The number of phenols is 1. The Labute approximate surface area is 120 Å². The number of halogens is 1. The monoisotopic (exact) mass is 299 g/mol. The number of amidine groups is 1. The molecule has 0 aromatic heterocycles. The zero-order valence-corrected chi connectivity index (χ0v) is 11.2. The standard InChI is InChI=1S/C12H14ClN3O4/c13-8-5-7(1-2-9(8)17)12(18)16-3-4-20-10(6-16)11(14)15-19/h1-2,5,10,17,19H,3-4,6H2,(H2,14,15). The normalized spacial score (nSPS) is 19.9. The van der Waals surface area contributed by atoms with Gasteiger partial charge in [-0.1, -0.05) is 16.8 Å². The van der Waals surface area contributed by atoms with Crippen molar-refractivity contribution in [3.8, 4) is 5.75 Å². The minimum absolute atomic E-state index is 0.0776. The van der Waals surface area contributed by atoms with Crippen LogP contribution in [-0.4, -0.2) is 52.8 Å². The molecule has 108 valence electrons. The number of ether oxygens (including phenoxy) is 1. The number of phenolic OH excluding ortho intramolecular Hbond substituents is 1. The van der Waals surface area contributed by atoms with Crippen LogP contribution >= 0.6 is 11.6 Å². The maximum absolute atomic E-state index is 12.3. The molecule has 1 aliphatic heterocycles. The Hall–Kier alpha value is -1.99. The van der Waals surface area contributed by atoms with Crippen LogP contribution in [0.1, 0.15) is 10.4 Å². The Kier molecular flexibility index (Phi) is 4.31. The van der Waals surface area contributed by atoms with Gasteiger partial charge < -0.3 is 25.7 Å². The highest BCUT2D eigenvalue weighted by molar-refractivity contribution is 6.32. The third-order valence-corrected chi connectivity index (χ3v) is 3.30. The Balaban J connectivity index is 2.14. The molecule has 0 bridgehead atoms. The smallest absolute Gasteiger partial charge is 0.254 e. The highest BCUT2D eigenvalue weighted by Gasteiger charge is 2.27. The Morgan fingerprint density at radius 1 is 1.55 bits per heavy atom. The number of benzene rings is 1. The number of amides is 1. The van der Waals surface area contributed by atoms with Crippen LogP contribution in [0.4, 0.5) is 0 Å². The van der Waals surface area contributed by atoms with Crippen molar-refractivity contribution in [3.05, 3.63) is 28.8 Å². The fraction of sp³-hybridized carbons (Fsp3) is 0.333. The predicted octanol–water partition coefficient (Wildman–Crippen LogP) is 0.633. The molecule has 0 saturated carbocycles. The van der Waals surface area contributed by atoms with Gasteiger partial charge in [-0.2, -0.15) is 0 Å². The molecule has 1 fully saturated rings. The first kappa shape index (κ1) is 14.4. The highest BCUT2D eigenvalue weighted by Crippen LogP contribution is 2.24. The molecule has 0 aliphatic carbocycles. The number of carbonyl (C=O) groups excluding carboxylic acids is 1. The molecule has 1 aromatic carbocycles. The molecule has 1 aromatic rings. The highest BCUT2D eigenvalue weighted by atomic mass is 35.5. The van der Waals surface area contributed by atoms with Crippen LogP contribution in [0, 0.1) is 0 Å². The number of morpholine rings is 1. The zero-order valence-electron chi connectivity index (χ0n) is 10.5. The third kappa shape index (κ3) is 2.94. The van der Waals surface area contributed by atoms with Gasteiger partial charge in [-0.15, -0.1) is 0 Å². The lowest BCUT2D eigenvalue weighted by atomic mass is 10.1. The van der Waals surface area contributed by atoms with Crippen LogP contribution in [0.3, 0.4) is 0 Å². The van der Waals surface area contributed by atoms with E-state index in [1.165, 1.54) is 23.1 Å². The number of carbonyl (C=O) groups is 1. The Bertz CT molecular complexity index is 550. The molecule has 1 aliphatic rings. The van der Waals surface area contributed by atoms with E-state index >= 15 is 0 Å². The number of hydrogen-bond donors (Lipinski definition) is 3. The zero-order chi connectivity index (χ0) is 14.7. The molecule has 1 heterocycles. The Morgan fingerprint density at radius 3 is 2.95 bits per heavy atom. The summed E-state index contributed by atoms with van der Waals surface area (Å²) in [5.74, 6) is -0.420. The van der Waals surface area contributed by atoms with E-state index in [4.69, 9.17) is 27.3 Å². The van der Waals surface area contributed by atoms with Gasteiger partial charge in [0.1, 0.15) is 11.9 Å². The molecule has 1 saturated heterocycles. The third-order valence-electron chi connectivity index (χ3n) is 2.99. The van der Waals surface area contributed by atoms with Crippen molar-refractivity contribution in [2.75, 3.05) is 19.7 Å². The number of nitrogens with zero attached hydrogens (tertiary/aromatic N) is 2. The quantitative estimate of drug-likeness (QED) is 0.321. The molecule has 4 N–H and O–H groups in total. The minimum atomic E-state index is -0.634. The van der Waals surface area contributed by atoms with Crippen molar-refractivity contribution in [2.24, 2.45) is 10.9 Å². The SMILES string of the molecule is NC(=NO)C1CN(C(=O)c2ccc(O)c(Cl)c2)CCO1. The topological polar surface area (TPSA) is 108 Å². The van der Waals surface area contributed by atoms with E-state index < -0.39 is 6.10 Å². The van der Waals surface area contributed by atoms with Crippen molar-refractivity contribution >= 4 is 23.3 Å². The second-order valence-electron chi connectivity index (χ2n) is 4.30.